The van der Waals surface area contributed by atoms with Gasteiger partial charge in [0, 0.05) is 13.1 Å². The van der Waals surface area contributed by atoms with Gasteiger partial charge in [-0.25, -0.2) is 13.1 Å². The molecule has 0 atom stereocenters. The Morgan fingerprint density at radius 2 is 1.90 bits per heavy atom. The average molecular weight is 312 g/mol. The van der Waals surface area contributed by atoms with E-state index in [9.17, 15) is 8.42 Å². The topological polar surface area (TPSA) is 81.4 Å². The predicted octanol–water partition coefficient (Wildman–Crippen LogP) is 1.77. The van der Waals surface area contributed by atoms with Crippen molar-refractivity contribution >= 4 is 10.0 Å². The van der Waals surface area contributed by atoms with Crippen LogP contribution in [0.25, 0.3) is 0 Å². The molecule has 1 aromatic carbocycles. The summed E-state index contributed by atoms with van der Waals surface area (Å²) in [6.07, 6.45) is 6.16. The van der Waals surface area contributed by atoms with Gasteiger partial charge >= 0.3 is 0 Å². The third kappa shape index (κ3) is 4.78. The monoisotopic (exact) mass is 312 g/mol. The largest absolute Gasteiger partial charge is 0.377 e. The lowest BCUT2D eigenvalue weighted by Gasteiger charge is -2.22. The summed E-state index contributed by atoms with van der Waals surface area (Å²) in [6.45, 7) is 0.905. The first kappa shape index (κ1) is 16.4. The van der Waals surface area contributed by atoms with Crippen LogP contribution >= 0.6 is 0 Å². The van der Waals surface area contributed by atoms with E-state index in [2.05, 4.69) is 4.72 Å². The molecule has 6 heteroatoms. The molecule has 0 unspecified atom stereocenters. The number of ether oxygens (including phenoxy) is 1. The fourth-order valence-corrected chi connectivity index (χ4v) is 3.91. The first-order chi connectivity index (χ1) is 10.1. The van der Waals surface area contributed by atoms with Gasteiger partial charge in [-0.05, 0) is 24.5 Å². The van der Waals surface area contributed by atoms with Crippen molar-refractivity contribution in [1.82, 2.24) is 4.72 Å². The number of hydrogen-bond donors (Lipinski definition) is 2. The van der Waals surface area contributed by atoms with Crippen molar-refractivity contribution in [2.75, 3.05) is 13.2 Å². The minimum Gasteiger partial charge on any atom is -0.377 e. The number of benzene rings is 1. The van der Waals surface area contributed by atoms with E-state index in [0.29, 0.717) is 18.3 Å². The van der Waals surface area contributed by atoms with Crippen LogP contribution in [0.2, 0.25) is 0 Å². The Morgan fingerprint density at radius 3 is 2.62 bits per heavy atom. The fourth-order valence-electron chi connectivity index (χ4n) is 2.65. The zero-order chi connectivity index (χ0) is 15.1. The second-order valence-electron chi connectivity index (χ2n) is 5.34. The molecule has 5 nitrogen and oxygen atoms in total. The molecule has 0 bridgehead atoms. The highest BCUT2D eigenvalue weighted by Gasteiger charge is 2.18. The summed E-state index contributed by atoms with van der Waals surface area (Å²) in [6, 6.07) is 6.79. The van der Waals surface area contributed by atoms with E-state index in [1.165, 1.54) is 19.3 Å². The number of sulfonamides is 1. The van der Waals surface area contributed by atoms with Gasteiger partial charge in [0.05, 0.1) is 17.6 Å². The maximum atomic E-state index is 12.2. The van der Waals surface area contributed by atoms with Gasteiger partial charge in [0.25, 0.3) is 0 Å². The molecule has 118 valence electrons. The minimum absolute atomic E-state index is 0.204. The average Bonchev–Trinajstić information content (AvgIpc) is 2.52. The predicted molar refractivity (Wildman–Crippen MR) is 82.3 cm³/mol. The Kier molecular flexibility index (Phi) is 6.17. The van der Waals surface area contributed by atoms with Crippen LogP contribution in [0.15, 0.2) is 29.2 Å². The molecule has 1 aromatic rings. The van der Waals surface area contributed by atoms with Crippen molar-refractivity contribution in [3.05, 3.63) is 29.8 Å². The maximum Gasteiger partial charge on any atom is 0.240 e. The molecule has 2 rings (SSSR count). The van der Waals surface area contributed by atoms with E-state index >= 15 is 0 Å². The summed E-state index contributed by atoms with van der Waals surface area (Å²) >= 11 is 0. The third-order valence-corrected chi connectivity index (χ3v) is 5.34. The summed E-state index contributed by atoms with van der Waals surface area (Å²) in [5, 5.41) is 0. The molecule has 0 saturated heterocycles. The highest BCUT2D eigenvalue weighted by molar-refractivity contribution is 7.89. The number of rotatable bonds is 7. The van der Waals surface area contributed by atoms with Gasteiger partial charge < -0.3 is 10.5 Å². The van der Waals surface area contributed by atoms with E-state index in [1.807, 2.05) is 0 Å². The first-order valence-corrected chi connectivity index (χ1v) is 9.01. The van der Waals surface area contributed by atoms with E-state index in [0.717, 1.165) is 12.8 Å². The maximum absolute atomic E-state index is 12.2. The van der Waals surface area contributed by atoms with Crippen LogP contribution in [0.3, 0.4) is 0 Å². The molecule has 0 aromatic heterocycles. The van der Waals surface area contributed by atoms with Gasteiger partial charge in [-0.15, -0.1) is 0 Å². The van der Waals surface area contributed by atoms with Gasteiger partial charge in [0.1, 0.15) is 0 Å². The smallest absolute Gasteiger partial charge is 0.240 e. The molecule has 21 heavy (non-hydrogen) atoms. The van der Waals surface area contributed by atoms with Crippen LogP contribution in [0.5, 0.6) is 0 Å². The Labute approximate surface area is 126 Å². The van der Waals surface area contributed by atoms with Crippen molar-refractivity contribution in [1.29, 1.82) is 0 Å². The van der Waals surface area contributed by atoms with Gasteiger partial charge in [-0.1, -0.05) is 37.5 Å². The minimum atomic E-state index is -3.52. The van der Waals surface area contributed by atoms with Crippen LogP contribution < -0.4 is 10.5 Å². The van der Waals surface area contributed by atoms with Crippen LogP contribution in [0.4, 0.5) is 0 Å². The Morgan fingerprint density at radius 1 is 1.19 bits per heavy atom. The van der Waals surface area contributed by atoms with Gasteiger partial charge in [-0.3, -0.25) is 0 Å². The number of nitrogens with two attached hydrogens (primary N) is 1. The number of nitrogens with one attached hydrogen (secondary N) is 1. The highest BCUT2D eigenvalue weighted by Crippen LogP contribution is 2.20. The normalized spacial score (nSPS) is 17.0. The fraction of sp³-hybridized carbons (Fsp3) is 0.600. The standard InChI is InChI=1S/C15H24N2O3S/c16-12-13-6-4-5-9-15(13)21(18,19)17-10-11-20-14-7-2-1-3-8-14/h4-6,9,14,17H,1-3,7-8,10-12,16H2. The van der Waals surface area contributed by atoms with Crippen molar-refractivity contribution in [3.63, 3.8) is 0 Å². The molecule has 1 saturated carbocycles. The lowest BCUT2D eigenvalue weighted by molar-refractivity contribution is 0.0321. The lowest BCUT2D eigenvalue weighted by atomic mass is 9.98. The Hall–Kier alpha value is -0.950. The molecule has 1 aliphatic rings. The highest BCUT2D eigenvalue weighted by atomic mass is 32.2. The second kappa shape index (κ2) is 7.89. The van der Waals surface area contributed by atoms with E-state index in [1.54, 1.807) is 24.3 Å². The molecular formula is C15H24N2O3S. The van der Waals surface area contributed by atoms with E-state index in [-0.39, 0.29) is 18.0 Å². The van der Waals surface area contributed by atoms with Crippen molar-refractivity contribution in [2.45, 2.75) is 49.6 Å². The molecule has 0 amide bonds. The van der Waals surface area contributed by atoms with Gasteiger partial charge in [0.2, 0.25) is 10.0 Å². The SMILES string of the molecule is NCc1ccccc1S(=O)(=O)NCCOC1CCCCC1. The van der Waals surface area contributed by atoms with Crippen LogP contribution in [0, 0.1) is 0 Å². The molecule has 0 aliphatic heterocycles. The zero-order valence-electron chi connectivity index (χ0n) is 12.3. The summed E-state index contributed by atoms with van der Waals surface area (Å²) < 4.78 is 32.8. The Bertz CT molecular complexity index is 540. The van der Waals surface area contributed by atoms with Crippen molar-refractivity contribution in [3.8, 4) is 0 Å². The van der Waals surface area contributed by atoms with Crippen LogP contribution in [0.1, 0.15) is 37.7 Å². The second-order valence-corrected chi connectivity index (χ2v) is 7.08. The summed E-state index contributed by atoms with van der Waals surface area (Å²) in [4.78, 5) is 0.255. The van der Waals surface area contributed by atoms with Crippen molar-refractivity contribution in [2.24, 2.45) is 5.73 Å². The molecular weight excluding hydrogens is 288 g/mol. The summed E-state index contributed by atoms with van der Waals surface area (Å²) in [5.74, 6) is 0. The van der Waals surface area contributed by atoms with Gasteiger partial charge in [0.15, 0.2) is 0 Å². The quantitative estimate of drug-likeness (QED) is 0.752. The third-order valence-electron chi connectivity index (χ3n) is 3.78. The van der Waals surface area contributed by atoms with Crippen LogP contribution in [-0.4, -0.2) is 27.7 Å². The van der Waals surface area contributed by atoms with Gasteiger partial charge in [-0.2, -0.15) is 0 Å². The Balaban J connectivity index is 1.83. The molecule has 1 aliphatic carbocycles. The van der Waals surface area contributed by atoms with Crippen molar-refractivity contribution < 1.29 is 13.2 Å². The molecule has 0 spiro atoms. The van der Waals surface area contributed by atoms with E-state index in [4.69, 9.17) is 10.5 Å². The molecule has 1 fully saturated rings. The lowest BCUT2D eigenvalue weighted by Crippen LogP contribution is -2.30. The van der Waals surface area contributed by atoms with E-state index < -0.39 is 10.0 Å². The molecule has 3 N–H and O–H groups in total. The number of hydrogen-bond acceptors (Lipinski definition) is 4. The summed E-state index contributed by atoms with van der Waals surface area (Å²) in [5.41, 5.74) is 6.21. The zero-order valence-corrected chi connectivity index (χ0v) is 13.1. The summed E-state index contributed by atoms with van der Waals surface area (Å²) in [7, 11) is -3.52. The van der Waals surface area contributed by atoms with Crippen LogP contribution in [-0.2, 0) is 21.3 Å². The first-order valence-electron chi connectivity index (χ1n) is 7.53. The molecule has 0 heterocycles. The molecule has 0 radical (unpaired) electrons.